The molecule has 0 saturated heterocycles. The molecular weight excluding hydrogens is 344 g/mol. The molecule has 21 heavy (non-hydrogen) atoms. The van der Waals surface area contributed by atoms with Crippen LogP contribution < -0.4 is 10.6 Å². The van der Waals surface area contributed by atoms with E-state index in [1.165, 1.54) is 6.07 Å². The quantitative estimate of drug-likeness (QED) is 0.536. The van der Waals surface area contributed by atoms with E-state index < -0.39 is 5.97 Å². The maximum Gasteiger partial charge on any atom is 0.306 e. The van der Waals surface area contributed by atoms with Crippen LogP contribution in [-0.4, -0.2) is 37.5 Å². The van der Waals surface area contributed by atoms with Crippen molar-refractivity contribution in [3.63, 3.8) is 0 Å². The molecule has 0 unspecified atom stereocenters. The Labute approximate surface area is 130 Å². The number of carbonyl (C=O) groups is 3. The van der Waals surface area contributed by atoms with Gasteiger partial charge in [0, 0.05) is 19.5 Å². The predicted octanol–water partition coefficient (Wildman–Crippen LogP) is 1.23. The fourth-order valence-electron chi connectivity index (χ4n) is 1.44. The van der Waals surface area contributed by atoms with Crippen LogP contribution in [0, 0.1) is 0 Å². The topological polar surface area (TPSA) is 97.6 Å². The van der Waals surface area contributed by atoms with Crippen LogP contribution in [0.4, 0.5) is 0 Å². The summed E-state index contributed by atoms with van der Waals surface area (Å²) in [6, 6.07) is 3.16. The lowest BCUT2D eigenvalue weighted by Crippen LogP contribution is -2.34. The van der Waals surface area contributed by atoms with E-state index in [-0.39, 0.29) is 43.5 Å². The monoisotopic (exact) mass is 360 g/mol. The number of carbonyl (C=O) groups excluding carboxylic acids is 3. The molecule has 2 amide bonds. The highest BCUT2D eigenvalue weighted by Crippen LogP contribution is 2.13. The highest BCUT2D eigenvalue weighted by molar-refractivity contribution is 9.10. The summed E-state index contributed by atoms with van der Waals surface area (Å²) in [5.74, 6) is -0.834. The van der Waals surface area contributed by atoms with Gasteiger partial charge in [-0.15, -0.1) is 0 Å². The maximum absolute atomic E-state index is 11.6. The summed E-state index contributed by atoms with van der Waals surface area (Å²) in [5.41, 5.74) is 0. The summed E-state index contributed by atoms with van der Waals surface area (Å²) < 4.78 is 10.3. The number of furan rings is 1. The molecule has 0 spiro atoms. The van der Waals surface area contributed by atoms with E-state index in [4.69, 9.17) is 9.15 Å². The van der Waals surface area contributed by atoms with E-state index in [0.29, 0.717) is 11.3 Å². The summed E-state index contributed by atoms with van der Waals surface area (Å²) in [6.07, 6.45) is 0.115. The number of halogens is 1. The first kappa shape index (κ1) is 17.2. The van der Waals surface area contributed by atoms with Crippen LogP contribution in [0.5, 0.6) is 0 Å². The minimum absolute atomic E-state index is 0.0481. The normalized spacial score (nSPS) is 10.0. The second-order valence-corrected chi connectivity index (χ2v) is 4.80. The highest BCUT2D eigenvalue weighted by Gasteiger charge is 2.10. The van der Waals surface area contributed by atoms with Gasteiger partial charge in [-0.1, -0.05) is 0 Å². The Bertz CT molecular complexity index is 501. The van der Waals surface area contributed by atoms with Gasteiger partial charge in [-0.05, 0) is 35.0 Å². The van der Waals surface area contributed by atoms with E-state index in [1.807, 2.05) is 0 Å². The van der Waals surface area contributed by atoms with Gasteiger partial charge in [0.05, 0.1) is 13.0 Å². The van der Waals surface area contributed by atoms with Crippen molar-refractivity contribution in [3.05, 3.63) is 22.6 Å². The van der Waals surface area contributed by atoms with Crippen molar-refractivity contribution in [3.8, 4) is 0 Å². The predicted molar refractivity (Wildman–Crippen MR) is 77.6 cm³/mol. The molecule has 0 radical (unpaired) electrons. The van der Waals surface area contributed by atoms with Gasteiger partial charge in [0.1, 0.15) is 0 Å². The number of rotatable bonds is 8. The summed E-state index contributed by atoms with van der Waals surface area (Å²) in [5, 5.41) is 5.18. The Kier molecular flexibility index (Phi) is 7.52. The SMILES string of the molecule is CCOC(=O)CCC(=O)NCCNC(=O)c1ccc(Br)o1. The van der Waals surface area contributed by atoms with Crippen LogP contribution in [0.1, 0.15) is 30.3 Å². The first-order chi connectivity index (χ1) is 10.0. The van der Waals surface area contributed by atoms with E-state index >= 15 is 0 Å². The van der Waals surface area contributed by atoms with E-state index in [9.17, 15) is 14.4 Å². The number of nitrogens with one attached hydrogen (secondary N) is 2. The summed E-state index contributed by atoms with van der Waals surface area (Å²) in [4.78, 5) is 34.1. The molecule has 1 rings (SSSR count). The number of amides is 2. The van der Waals surface area contributed by atoms with Crippen molar-refractivity contribution >= 4 is 33.7 Å². The molecule has 0 aliphatic carbocycles. The van der Waals surface area contributed by atoms with Gasteiger partial charge in [0.25, 0.3) is 5.91 Å². The van der Waals surface area contributed by atoms with Crippen molar-refractivity contribution < 1.29 is 23.5 Å². The van der Waals surface area contributed by atoms with Crippen LogP contribution >= 0.6 is 15.9 Å². The van der Waals surface area contributed by atoms with Gasteiger partial charge >= 0.3 is 5.97 Å². The minimum atomic E-state index is -0.399. The smallest absolute Gasteiger partial charge is 0.306 e. The van der Waals surface area contributed by atoms with Crippen LogP contribution in [0.3, 0.4) is 0 Å². The standard InChI is InChI=1S/C13H17BrN2O5/c1-2-20-12(18)6-5-11(17)15-7-8-16-13(19)9-3-4-10(14)21-9/h3-4H,2,5-8H2,1H3,(H,15,17)(H,16,19). The van der Waals surface area contributed by atoms with Crippen LogP contribution in [0.15, 0.2) is 21.2 Å². The number of hydrogen-bond donors (Lipinski definition) is 2. The van der Waals surface area contributed by atoms with Crippen molar-refractivity contribution in [1.82, 2.24) is 10.6 Å². The molecule has 116 valence electrons. The molecule has 7 nitrogen and oxygen atoms in total. The molecule has 0 saturated carbocycles. The van der Waals surface area contributed by atoms with Gasteiger partial charge in [-0.2, -0.15) is 0 Å². The van der Waals surface area contributed by atoms with E-state index in [2.05, 4.69) is 26.6 Å². The first-order valence-electron chi connectivity index (χ1n) is 6.48. The molecule has 1 aromatic rings. The Morgan fingerprint density at radius 2 is 1.90 bits per heavy atom. The van der Waals surface area contributed by atoms with Gasteiger partial charge in [0.2, 0.25) is 5.91 Å². The highest BCUT2D eigenvalue weighted by atomic mass is 79.9. The zero-order chi connectivity index (χ0) is 15.7. The van der Waals surface area contributed by atoms with Crippen molar-refractivity contribution in [1.29, 1.82) is 0 Å². The summed E-state index contributed by atoms with van der Waals surface area (Å²) in [7, 11) is 0. The molecule has 0 fully saturated rings. The first-order valence-corrected chi connectivity index (χ1v) is 7.28. The Morgan fingerprint density at radius 1 is 1.19 bits per heavy atom. The lowest BCUT2D eigenvalue weighted by atomic mass is 10.3. The van der Waals surface area contributed by atoms with Gasteiger partial charge in [-0.3, -0.25) is 14.4 Å². The fraction of sp³-hybridized carbons (Fsp3) is 0.462. The minimum Gasteiger partial charge on any atom is -0.466 e. The number of esters is 1. The lowest BCUT2D eigenvalue weighted by molar-refractivity contribution is -0.144. The molecule has 0 aliphatic heterocycles. The Morgan fingerprint density at radius 3 is 2.52 bits per heavy atom. The molecule has 0 aliphatic rings. The molecule has 8 heteroatoms. The second-order valence-electron chi connectivity index (χ2n) is 4.01. The average molecular weight is 361 g/mol. The van der Waals surface area contributed by atoms with Crippen LogP contribution in [-0.2, 0) is 14.3 Å². The number of hydrogen-bond acceptors (Lipinski definition) is 5. The fourth-order valence-corrected chi connectivity index (χ4v) is 1.75. The third-order valence-electron chi connectivity index (χ3n) is 2.39. The molecule has 0 aromatic carbocycles. The second kappa shape index (κ2) is 9.17. The van der Waals surface area contributed by atoms with Crippen molar-refractivity contribution in [2.45, 2.75) is 19.8 Å². The molecule has 1 aromatic heterocycles. The molecule has 1 heterocycles. The Balaban J connectivity index is 2.12. The molecule has 2 N–H and O–H groups in total. The molecule has 0 bridgehead atoms. The third-order valence-corrected chi connectivity index (χ3v) is 2.82. The number of ether oxygens (including phenoxy) is 1. The molecule has 0 atom stereocenters. The summed E-state index contributed by atoms with van der Waals surface area (Å²) in [6.45, 7) is 2.55. The average Bonchev–Trinajstić information content (AvgIpc) is 2.88. The Hall–Kier alpha value is -1.83. The third kappa shape index (κ3) is 6.94. The van der Waals surface area contributed by atoms with Gasteiger partial charge in [-0.25, -0.2) is 0 Å². The zero-order valence-electron chi connectivity index (χ0n) is 11.6. The lowest BCUT2D eigenvalue weighted by Gasteiger charge is -2.06. The summed E-state index contributed by atoms with van der Waals surface area (Å²) >= 11 is 3.10. The van der Waals surface area contributed by atoms with Crippen molar-refractivity contribution in [2.75, 3.05) is 19.7 Å². The largest absolute Gasteiger partial charge is 0.466 e. The van der Waals surface area contributed by atoms with Crippen molar-refractivity contribution in [2.24, 2.45) is 0 Å². The van der Waals surface area contributed by atoms with Crippen LogP contribution in [0.25, 0.3) is 0 Å². The molecular formula is C13H17BrN2O5. The van der Waals surface area contributed by atoms with Gasteiger partial charge in [0.15, 0.2) is 10.4 Å². The van der Waals surface area contributed by atoms with Gasteiger partial charge < -0.3 is 19.8 Å². The van der Waals surface area contributed by atoms with Crippen LogP contribution in [0.2, 0.25) is 0 Å². The van der Waals surface area contributed by atoms with E-state index in [0.717, 1.165) is 0 Å². The maximum atomic E-state index is 11.6. The zero-order valence-corrected chi connectivity index (χ0v) is 13.2. The van der Waals surface area contributed by atoms with E-state index in [1.54, 1.807) is 13.0 Å².